The van der Waals surface area contributed by atoms with Crippen molar-refractivity contribution >= 4 is 39.1 Å². The van der Waals surface area contributed by atoms with Gasteiger partial charge in [0.25, 0.3) is 0 Å². The van der Waals surface area contributed by atoms with E-state index in [0.29, 0.717) is 25.8 Å². The Morgan fingerprint density at radius 3 is 2.75 bits per heavy atom. The highest BCUT2D eigenvalue weighted by Gasteiger charge is 2.12. The smallest absolute Gasteiger partial charge is 0.335 e. The molecule has 1 N–H and O–H groups in total. The number of aromatic nitrogens is 1. The number of hydrogen-bond acceptors (Lipinski definition) is 3. The third-order valence-electron chi connectivity index (χ3n) is 2.80. The zero-order valence-electron chi connectivity index (χ0n) is 9.93. The average Bonchev–Trinajstić information content (AvgIpc) is 2.80. The Bertz CT molecular complexity index is 831. The molecule has 0 saturated carbocycles. The molecule has 20 heavy (non-hydrogen) atoms. The van der Waals surface area contributed by atoms with Gasteiger partial charge in [-0.1, -0.05) is 11.6 Å². The second-order valence-corrected chi connectivity index (χ2v) is 5.60. The van der Waals surface area contributed by atoms with Crippen LogP contribution < -0.4 is 0 Å². The molecule has 0 spiro atoms. The fourth-order valence-corrected chi connectivity index (χ4v) is 3.03. The van der Waals surface area contributed by atoms with Crippen LogP contribution in [0.15, 0.2) is 36.4 Å². The SMILES string of the molecule is O=C(O)c1ccc2nc(-c3ccc(Cl)cc3F)sc2c1. The molecule has 3 rings (SSSR count). The highest BCUT2D eigenvalue weighted by molar-refractivity contribution is 7.21. The predicted molar refractivity (Wildman–Crippen MR) is 77.0 cm³/mol. The van der Waals surface area contributed by atoms with Gasteiger partial charge in [0.2, 0.25) is 0 Å². The van der Waals surface area contributed by atoms with Gasteiger partial charge in [0.1, 0.15) is 10.8 Å². The number of thiazole rings is 1. The quantitative estimate of drug-likeness (QED) is 0.760. The third kappa shape index (κ3) is 2.26. The zero-order chi connectivity index (χ0) is 14.3. The van der Waals surface area contributed by atoms with Crippen molar-refractivity contribution in [1.29, 1.82) is 0 Å². The normalized spacial score (nSPS) is 10.9. The summed E-state index contributed by atoms with van der Waals surface area (Å²) in [5.41, 5.74) is 1.18. The van der Waals surface area contributed by atoms with Crippen LogP contribution >= 0.6 is 22.9 Å². The van der Waals surface area contributed by atoms with Gasteiger partial charge in [0.15, 0.2) is 0 Å². The van der Waals surface area contributed by atoms with E-state index in [-0.39, 0.29) is 5.56 Å². The maximum Gasteiger partial charge on any atom is 0.335 e. The molecule has 1 heterocycles. The van der Waals surface area contributed by atoms with Crippen molar-refractivity contribution in [1.82, 2.24) is 4.98 Å². The summed E-state index contributed by atoms with van der Waals surface area (Å²) < 4.78 is 14.6. The van der Waals surface area contributed by atoms with Gasteiger partial charge in [-0.05, 0) is 36.4 Å². The Labute approximate surface area is 122 Å². The van der Waals surface area contributed by atoms with Crippen molar-refractivity contribution in [2.24, 2.45) is 0 Å². The van der Waals surface area contributed by atoms with Gasteiger partial charge in [0, 0.05) is 10.6 Å². The summed E-state index contributed by atoms with van der Waals surface area (Å²) in [7, 11) is 0. The molecule has 3 nitrogen and oxygen atoms in total. The van der Waals surface area contributed by atoms with E-state index in [0.717, 1.165) is 0 Å². The number of fused-ring (bicyclic) bond motifs is 1. The van der Waals surface area contributed by atoms with Gasteiger partial charge in [-0.15, -0.1) is 11.3 Å². The van der Waals surface area contributed by atoms with Crippen LogP contribution in [0, 0.1) is 5.82 Å². The molecule has 6 heteroatoms. The fourth-order valence-electron chi connectivity index (χ4n) is 1.84. The first-order valence-electron chi connectivity index (χ1n) is 5.64. The maximum absolute atomic E-state index is 13.9. The van der Waals surface area contributed by atoms with Gasteiger partial charge in [-0.2, -0.15) is 0 Å². The molecule has 3 aromatic rings. The number of carboxylic acid groups (broad SMARTS) is 1. The van der Waals surface area contributed by atoms with Crippen molar-refractivity contribution in [3.05, 3.63) is 52.8 Å². The summed E-state index contributed by atoms with van der Waals surface area (Å²) in [6.07, 6.45) is 0. The van der Waals surface area contributed by atoms with Gasteiger partial charge in [0.05, 0.1) is 15.8 Å². The lowest BCUT2D eigenvalue weighted by molar-refractivity contribution is 0.0697. The molecule has 0 amide bonds. The van der Waals surface area contributed by atoms with Crippen molar-refractivity contribution in [2.75, 3.05) is 0 Å². The summed E-state index contributed by atoms with van der Waals surface area (Å²) in [5.74, 6) is -1.45. The molecule has 0 radical (unpaired) electrons. The second-order valence-electron chi connectivity index (χ2n) is 4.13. The molecule has 0 bridgehead atoms. The lowest BCUT2D eigenvalue weighted by Gasteiger charge is -1.98. The molecule has 0 saturated heterocycles. The molecular weight excluding hydrogens is 301 g/mol. The summed E-state index contributed by atoms with van der Waals surface area (Å²) >= 11 is 6.96. The molecule has 0 atom stereocenters. The number of aromatic carboxylic acids is 1. The lowest BCUT2D eigenvalue weighted by Crippen LogP contribution is -1.94. The van der Waals surface area contributed by atoms with E-state index >= 15 is 0 Å². The number of carbonyl (C=O) groups is 1. The fraction of sp³-hybridized carbons (Fsp3) is 0. The van der Waals surface area contributed by atoms with Crippen LogP contribution in [0.3, 0.4) is 0 Å². The third-order valence-corrected chi connectivity index (χ3v) is 4.08. The van der Waals surface area contributed by atoms with Gasteiger partial charge < -0.3 is 5.11 Å². The average molecular weight is 308 g/mol. The molecule has 2 aromatic carbocycles. The molecular formula is C14H7ClFNO2S. The largest absolute Gasteiger partial charge is 0.478 e. The Morgan fingerprint density at radius 1 is 1.25 bits per heavy atom. The minimum absolute atomic E-state index is 0.185. The topological polar surface area (TPSA) is 50.2 Å². The Hall–Kier alpha value is -1.98. The van der Waals surface area contributed by atoms with Crippen LogP contribution in [0.5, 0.6) is 0 Å². The van der Waals surface area contributed by atoms with Crippen molar-refractivity contribution in [2.45, 2.75) is 0 Å². The molecule has 0 aliphatic rings. The molecule has 1 aromatic heterocycles. The van der Waals surface area contributed by atoms with E-state index in [9.17, 15) is 9.18 Å². The summed E-state index contributed by atoms with van der Waals surface area (Å²) in [6, 6.07) is 9.01. The Kier molecular flexibility index (Phi) is 3.16. The number of halogens is 2. The van der Waals surface area contributed by atoms with Gasteiger partial charge in [-0.3, -0.25) is 0 Å². The highest BCUT2D eigenvalue weighted by atomic mass is 35.5. The number of rotatable bonds is 2. The van der Waals surface area contributed by atoms with Crippen LogP contribution in [-0.2, 0) is 0 Å². The van der Waals surface area contributed by atoms with Crippen LogP contribution in [0.1, 0.15) is 10.4 Å². The zero-order valence-corrected chi connectivity index (χ0v) is 11.5. The first kappa shape index (κ1) is 13.0. The van der Waals surface area contributed by atoms with E-state index in [1.165, 1.54) is 29.5 Å². The van der Waals surface area contributed by atoms with E-state index in [1.54, 1.807) is 18.2 Å². The monoisotopic (exact) mass is 307 g/mol. The summed E-state index contributed by atoms with van der Waals surface area (Å²) in [4.78, 5) is 15.2. The van der Waals surface area contributed by atoms with Crippen molar-refractivity contribution in [3.63, 3.8) is 0 Å². The molecule has 0 unspecified atom stereocenters. The first-order valence-corrected chi connectivity index (χ1v) is 6.83. The molecule has 0 aliphatic heterocycles. The van der Waals surface area contributed by atoms with Crippen LogP contribution in [-0.4, -0.2) is 16.1 Å². The Morgan fingerprint density at radius 2 is 2.05 bits per heavy atom. The number of benzene rings is 2. The number of nitrogens with zero attached hydrogens (tertiary/aromatic N) is 1. The number of hydrogen-bond donors (Lipinski definition) is 1. The van der Waals surface area contributed by atoms with Gasteiger partial charge in [-0.25, -0.2) is 14.2 Å². The van der Waals surface area contributed by atoms with Crippen LogP contribution in [0.25, 0.3) is 20.8 Å². The predicted octanol–water partition coefficient (Wildman–Crippen LogP) is 4.45. The Balaban J connectivity index is 2.15. The van der Waals surface area contributed by atoms with Crippen LogP contribution in [0.4, 0.5) is 4.39 Å². The molecule has 100 valence electrons. The van der Waals surface area contributed by atoms with Crippen molar-refractivity contribution in [3.8, 4) is 10.6 Å². The van der Waals surface area contributed by atoms with E-state index < -0.39 is 11.8 Å². The standard InChI is InChI=1S/C14H7ClFNO2S/c15-8-2-3-9(10(16)6-8)13-17-11-4-1-7(14(18)19)5-12(11)20-13/h1-6H,(H,18,19). The van der Waals surface area contributed by atoms with Gasteiger partial charge >= 0.3 is 5.97 Å². The lowest BCUT2D eigenvalue weighted by atomic mass is 10.2. The van der Waals surface area contributed by atoms with E-state index in [2.05, 4.69) is 4.98 Å². The first-order chi connectivity index (χ1) is 9.54. The minimum atomic E-state index is -1.00. The minimum Gasteiger partial charge on any atom is -0.478 e. The van der Waals surface area contributed by atoms with Crippen LogP contribution in [0.2, 0.25) is 5.02 Å². The highest BCUT2D eigenvalue weighted by Crippen LogP contribution is 2.33. The molecule has 0 fully saturated rings. The second kappa shape index (κ2) is 4.85. The summed E-state index contributed by atoms with van der Waals surface area (Å²) in [5, 5.41) is 9.77. The van der Waals surface area contributed by atoms with Crippen molar-refractivity contribution < 1.29 is 14.3 Å². The summed E-state index contributed by atoms with van der Waals surface area (Å²) in [6.45, 7) is 0. The molecule has 0 aliphatic carbocycles. The van der Waals surface area contributed by atoms with E-state index in [4.69, 9.17) is 16.7 Å². The van der Waals surface area contributed by atoms with E-state index in [1.807, 2.05) is 0 Å². The number of carboxylic acids is 1. The maximum atomic E-state index is 13.9.